The van der Waals surface area contributed by atoms with E-state index < -0.39 is 5.97 Å². The maximum atomic E-state index is 10.5. The van der Waals surface area contributed by atoms with Crippen molar-refractivity contribution in [3.8, 4) is 0 Å². The monoisotopic (exact) mass is 210 g/mol. The zero-order valence-electron chi connectivity index (χ0n) is 7.12. The third-order valence-electron chi connectivity index (χ3n) is 1.92. The molecule has 0 aliphatic carbocycles. The second-order valence-electron chi connectivity index (χ2n) is 2.93. The van der Waals surface area contributed by atoms with Crippen molar-refractivity contribution in [2.24, 2.45) is 0 Å². The Hall–Kier alpha value is -1.55. The van der Waals surface area contributed by atoms with Gasteiger partial charge in [0, 0.05) is 10.4 Å². The number of aromatic nitrogens is 2. The maximum Gasteiger partial charge on any atom is 0.309 e. The second-order valence-corrected chi connectivity index (χ2v) is 3.37. The van der Waals surface area contributed by atoms with Crippen LogP contribution in [0.25, 0.3) is 10.9 Å². The van der Waals surface area contributed by atoms with Gasteiger partial charge in [-0.3, -0.25) is 9.89 Å². The number of H-pyrrole nitrogens is 1. The van der Waals surface area contributed by atoms with Crippen LogP contribution in [0.15, 0.2) is 18.2 Å². The van der Waals surface area contributed by atoms with Gasteiger partial charge < -0.3 is 5.11 Å². The molecule has 0 radical (unpaired) electrons. The molecule has 1 heterocycles. The second kappa shape index (κ2) is 3.31. The molecule has 0 amide bonds. The van der Waals surface area contributed by atoms with Crippen LogP contribution < -0.4 is 0 Å². The van der Waals surface area contributed by atoms with Crippen molar-refractivity contribution in [2.75, 3.05) is 0 Å². The molecule has 0 aliphatic rings. The fourth-order valence-electron chi connectivity index (χ4n) is 1.32. The first kappa shape index (κ1) is 9.02. The predicted molar refractivity (Wildman–Crippen MR) is 52.4 cm³/mol. The number of hydrogen-bond donors (Lipinski definition) is 2. The highest BCUT2D eigenvalue weighted by atomic mass is 35.5. The SMILES string of the molecule is O=C(O)Cc1n[nH]c2ccc(Cl)cc12. The van der Waals surface area contributed by atoms with Crippen LogP contribution in [0.1, 0.15) is 5.69 Å². The van der Waals surface area contributed by atoms with Crippen molar-refractivity contribution >= 4 is 28.5 Å². The molecule has 0 spiro atoms. The molecule has 14 heavy (non-hydrogen) atoms. The van der Waals surface area contributed by atoms with Crippen molar-refractivity contribution in [3.05, 3.63) is 28.9 Å². The standard InChI is InChI=1S/C9H7ClN2O2/c10-5-1-2-7-6(3-5)8(12-11-7)4-9(13)14/h1-3H,4H2,(H,11,12)(H,13,14). The topological polar surface area (TPSA) is 66.0 Å². The van der Waals surface area contributed by atoms with Gasteiger partial charge in [0.05, 0.1) is 17.6 Å². The third kappa shape index (κ3) is 1.56. The lowest BCUT2D eigenvalue weighted by atomic mass is 10.2. The molecule has 1 aromatic heterocycles. The summed E-state index contributed by atoms with van der Waals surface area (Å²) in [5.74, 6) is -0.904. The Morgan fingerprint density at radius 2 is 2.36 bits per heavy atom. The molecule has 2 rings (SSSR count). The smallest absolute Gasteiger partial charge is 0.309 e. The molecular formula is C9H7ClN2O2. The van der Waals surface area contributed by atoms with E-state index in [0.29, 0.717) is 10.7 Å². The van der Waals surface area contributed by atoms with Crippen LogP contribution in [0.5, 0.6) is 0 Å². The molecule has 5 heteroatoms. The molecule has 0 atom stereocenters. The number of carboxylic acid groups (broad SMARTS) is 1. The van der Waals surface area contributed by atoms with E-state index in [-0.39, 0.29) is 6.42 Å². The van der Waals surface area contributed by atoms with Gasteiger partial charge in [0.1, 0.15) is 0 Å². The molecule has 0 saturated heterocycles. The zero-order valence-corrected chi connectivity index (χ0v) is 7.88. The van der Waals surface area contributed by atoms with Gasteiger partial charge in [-0.1, -0.05) is 11.6 Å². The lowest BCUT2D eigenvalue weighted by molar-refractivity contribution is -0.136. The van der Waals surface area contributed by atoms with E-state index in [9.17, 15) is 4.79 Å². The van der Waals surface area contributed by atoms with Crippen molar-refractivity contribution in [2.45, 2.75) is 6.42 Å². The Balaban J connectivity index is 2.55. The molecule has 1 aromatic carbocycles. The van der Waals surface area contributed by atoms with Gasteiger partial charge >= 0.3 is 5.97 Å². The fraction of sp³-hybridized carbons (Fsp3) is 0.111. The number of halogens is 1. The summed E-state index contributed by atoms with van der Waals surface area (Å²) >= 11 is 5.80. The van der Waals surface area contributed by atoms with Crippen LogP contribution in [0.4, 0.5) is 0 Å². The van der Waals surface area contributed by atoms with Crippen LogP contribution in [-0.4, -0.2) is 21.3 Å². The third-order valence-corrected chi connectivity index (χ3v) is 2.16. The summed E-state index contributed by atoms with van der Waals surface area (Å²) in [4.78, 5) is 10.5. The number of aromatic amines is 1. The summed E-state index contributed by atoms with van der Waals surface area (Å²) in [6, 6.07) is 5.21. The Labute approximate surface area is 84.5 Å². The first-order valence-corrected chi connectivity index (χ1v) is 4.39. The lowest BCUT2D eigenvalue weighted by Crippen LogP contribution is -2.00. The van der Waals surface area contributed by atoms with Gasteiger partial charge in [0.25, 0.3) is 0 Å². The average Bonchev–Trinajstić information content (AvgIpc) is 2.47. The molecule has 4 nitrogen and oxygen atoms in total. The molecule has 2 N–H and O–H groups in total. The zero-order chi connectivity index (χ0) is 10.1. The van der Waals surface area contributed by atoms with Crippen molar-refractivity contribution < 1.29 is 9.90 Å². The highest BCUT2D eigenvalue weighted by Crippen LogP contribution is 2.20. The van der Waals surface area contributed by atoms with Crippen LogP contribution in [0.2, 0.25) is 5.02 Å². The van der Waals surface area contributed by atoms with E-state index in [1.807, 2.05) is 0 Å². The highest BCUT2D eigenvalue weighted by Gasteiger charge is 2.09. The summed E-state index contributed by atoms with van der Waals surface area (Å²) in [6.07, 6.45) is -0.0969. The fourth-order valence-corrected chi connectivity index (χ4v) is 1.49. The average molecular weight is 211 g/mol. The van der Waals surface area contributed by atoms with Crippen molar-refractivity contribution in [1.82, 2.24) is 10.2 Å². The summed E-state index contributed by atoms with van der Waals surface area (Å²) < 4.78 is 0. The summed E-state index contributed by atoms with van der Waals surface area (Å²) in [6.45, 7) is 0. The van der Waals surface area contributed by atoms with Crippen LogP contribution >= 0.6 is 11.6 Å². The van der Waals surface area contributed by atoms with Gasteiger partial charge in [0.15, 0.2) is 0 Å². The number of aliphatic carboxylic acids is 1. The minimum Gasteiger partial charge on any atom is -0.481 e. The van der Waals surface area contributed by atoms with Crippen LogP contribution in [-0.2, 0) is 11.2 Å². The number of carbonyl (C=O) groups is 1. The maximum absolute atomic E-state index is 10.5. The van der Waals surface area contributed by atoms with E-state index >= 15 is 0 Å². The molecule has 0 aliphatic heterocycles. The number of nitrogens with zero attached hydrogens (tertiary/aromatic N) is 1. The van der Waals surface area contributed by atoms with E-state index in [0.717, 1.165) is 10.9 Å². The highest BCUT2D eigenvalue weighted by molar-refractivity contribution is 6.31. The Kier molecular flexibility index (Phi) is 2.13. The first-order chi connectivity index (χ1) is 6.66. The molecule has 0 bridgehead atoms. The Morgan fingerprint density at radius 3 is 3.07 bits per heavy atom. The summed E-state index contributed by atoms with van der Waals surface area (Å²) in [5.41, 5.74) is 1.31. The minimum atomic E-state index is -0.904. The number of hydrogen-bond acceptors (Lipinski definition) is 2. The normalized spacial score (nSPS) is 10.6. The van der Waals surface area contributed by atoms with Crippen molar-refractivity contribution in [1.29, 1.82) is 0 Å². The molecule has 0 unspecified atom stereocenters. The summed E-state index contributed by atoms with van der Waals surface area (Å²) in [5, 5.41) is 16.6. The van der Waals surface area contributed by atoms with Gasteiger partial charge in [0.2, 0.25) is 0 Å². The van der Waals surface area contributed by atoms with Crippen molar-refractivity contribution in [3.63, 3.8) is 0 Å². The first-order valence-electron chi connectivity index (χ1n) is 4.01. The lowest BCUT2D eigenvalue weighted by Gasteiger charge is -1.93. The number of benzene rings is 1. The predicted octanol–water partition coefficient (Wildman–Crippen LogP) is 1.84. The Bertz CT molecular complexity index is 493. The van der Waals surface area contributed by atoms with E-state index in [2.05, 4.69) is 10.2 Å². The van der Waals surface area contributed by atoms with E-state index in [1.54, 1.807) is 18.2 Å². The number of nitrogens with one attached hydrogen (secondary N) is 1. The molecule has 0 fully saturated rings. The molecule has 2 aromatic rings. The van der Waals surface area contributed by atoms with Crippen LogP contribution in [0, 0.1) is 0 Å². The number of rotatable bonds is 2. The largest absolute Gasteiger partial charge is 0.481 e. The van der Waals surface area contributed by atoms with Gasteiger partial charge in [-0.15, -0.1) is 0 Å². The quantitative estimate of drug-likeness (QED) is 0.795. The van der Waals surface area contributed by atoms with E-state index in [1.165, 1.54) is 0 Å². The van der Waals surface area contributed by atoms with Gasteiger partial charge in [-0.2, -0.15) is 5.10 Å². The van der Waals surface area contributed by atoms with E-state index in [4.69, 9.17) is 16.7 Å². The van der Waals surface area contributed by atoms with Crippen LogP contribution in [0.3, 0.4) is 0 Å². The molecule has 0 saturated carbocycles. The van der Waals surface area contributed by atoms with Gasteiger partial charge in [-0.25, -0.2) is 0 Å². The summed E-state index contributed by atoms with van der Waals surface area (Å²) in [7, 11) is 0. The molecular weight excluding hydrogens is 204 g/mol. The Morgan fingerprint density at radius 1 is 1.57 bits per heavy atom. The number of fused-ring (bicyclic) bond motifs is 1. The van der Waals surface area contributed by atoms with Gasteiger partial charge in [-0.05, 0) is 18.2 Å². The number of carboxylic acids is 1. The minimum absolute atomic E-state index is 0.0969. The molecule has 72 valence electrons.